The van der Waals surface area contributed by atoms with Crippen LogP contribution in [0.15, 0.2) is 60.7 Å². The first kappa shape index (κ1) is 35.7. The van der Waals surface area contributed by atoms with Crippen molar-refractivity contribution in [2.45, 2.75) is 52.6 Å². The van der Waals surface area contributed by atoms with Crippen LogP contribution in [0.2, 0.25) is 0 Å². The summed E-state index contributed by atoms with van der Waals surface area (Å²) in [5.74, 6) is 0.647. The molecule has 0 radical (unpaired) electrons. The van der Waals surface area contributed by atoms with Crippen LogP contribution < -0.4 is 35.5 Å². The highest BCUT2D eigenvalue weighted by Gasteiger charge is 2.21. The Labute approximate surface area is 271 Å². The topological polar surface area (TPSA) is 141 Å². The van der Waals surface area contributed by atoms with E-state index in [1.807, 2.05) is 25.1 Å². The smallest absolute Gasteiger partial charge is 0.407 e. The Bertz CT molecular complexity index is 1490. The molecule has 11 nitrogen and oxygen atoms in total. The molecule has 11 heteroatoms. The maximum Gasteiger partial charge on any atom is 0.407 e. The van der Waals surface area contributed by atoms with E-state index in [2.05, 4.69) is 10.6 Å². The molecule has 0 unspecified atom stereocenters. The zero-order chi connectivity index (χ0) is 33.7. The van der Waals surface area contributed by atoms with Crippen LogP contribution in [0, 0.1) is 6.92 Å². The first-order chi connectivity index (χ1) is 21.9. The van der Waals surface area contributed by atoms with E-state index in [0.29, 0.717) is 65.9 Å². The highest BCUT2D eigenvalue weighted by molar-refractivity contribution is 6.09. The molecular weight excluding hydrogens is 588 g/mol. The predicted octanol–water partition coefficient (Wildman–Crippen LogP) is 5.94. The van der Waals surface area contributed by atoms with Gasteiger partial charge in [-0.15, -0.1) is 0 Å². The molecule has 0 atom stereocenters. The van der Waals surface area contributed by atoms with Crippen molar-refractivity contribution in [2.24, 2.45) is 5.73 Å². The van der Waals surface area contributed by atoms with Gasteiger partial charge in [-0.1, -0.05) is 18.2 Å². The van der Waals surface area contributed by atoms with Crippen LogP contribution >= 0.6 is 0 Å². The van der Waals surface area contributed by atoms with Gasteiger partial charge in [0.15, 0.2) is 0 Å². The monoisotopic (exact) mass is 634 g/mol. The lowest BCUT2D eigenvalue weighted by Gasteiger charge is -2.22. The Morgan fingerprint density at radius 1 is 0.870 bits per heavy atom. The fourth-order valence-corrected chi connectivity index (χ4v) is 4.40. The van der Waals surface area contributed by atoms with Gasteiger partial charge in [0.05, 0.1) is 37.3 Å². The molecule has 3 rings (SSSR count). The summed E-state index contributed by atoms with van der Waals surface area (Å²) in [5, 5.41) is 5.54. The number of amides is 3. The van der Waals surface area contributed by atoms with Gasteiger partial charge in [-0.05, 0) is 102 Å². The number of carbonyl (C=O) groups is 3. The molecule has 0 heterocycles. The lowest BCUT2D eigenvalue weighted by atomic mass is 10.1. The summed E-state index contributed by atoms with van der Waals surface area (Å²) >= 11 is 0. The van der Waals surface area contributed by atoms with Gasteiger partial charge in [-0.3, -0.25) is 9.59 Å². The van der Waals surface area contributed by atoms with Gasteiger partial charge in [0.25, 0.3) is 11.8 Å². The quantitative estimate of drug-likeness (QED) is 0.174. The largest absolute Gasteiger partial charge is 0.495 e. The SMILES string of the molecule is COc1cc(C(=O)N(C)c2ccc(C)cc2OCCCCN)ccc1NC(=O)c1ccccc1OCCCNC(=O)OC(C)(C)C. The van der Waals surface area contributed by atoms with E-state index in [4.69, 9.17) is 24.7 Å². The summed E-state index contributed by atoms with van der Waals surface area (Å²) in [6, 6.07) is 17.4. The van der Waals surface area contributed by atoms with Gasteiger partial charge >= 0.3 is 6.09 Å². The second-order valence-electron chi connectivity index (χ2n) is 11.7. The van der Waals surface area contributed by atoms with E-state index in [0.717, 1.165) is 18.4 Å². The van der Waals surface area contributed by atoms with Crippen molar-refractivity contribution in [3.63, 3.8) is 0 Å². The number of nitrogens with one attached hydrogen (secondary N) is 2. The maximum atomic E-state index is 13.5. The summed E-state index contributed by atoms with van der Waals surface area (Å²) in [6.45, 7) is 9.07. The number of nitrogens with zero attached hydrogens (tertiary/aromatic N) is 1. The van der Waals surface area contributed by atoms with E-state index in [1.165, 1.54) is 12.0 Å². The number of benzene rings is 3. The third kappa shape index (κ3) is 10.7. The van der Waals surface area contributed by atoms with Crippen LogP contribution in [-0.2, 0) is 4.74 Å². The number of carbonyl (C=O) groups excluding carboxylic acids is 3. The number of alkyl carbamates (subject to hydrolysis) is 1. The Hall–Kier alpha value is -4.77. The average Bonchev–Trinajstić information content (AvgIpc) is 3.02. The minimum atomic E-state index is -0.576. The van der Waals surface area contributed by atoms with E-state index in [-0.39, 0.29) is 12.5 Å². The van der Waals surface area contributed by atoms with E-state index >= 15 is 0 Å². The van der Waals surface area contributed by atoms with Crippen LogP contribution in [0.4, 0.5) is 16.2 Å². The number of para-hydroxylation sites is 1. The Morgan fingerprint density at radius 3 is 2.30 bits per heavy atom. The maximum absolute atomic E-state index is 13.5. The highest BCUT2D eigenvalue weighted by Crippen LogP contribution is 2.32. The van der Waals surface area contributed by atoms with E-state index < -0.39 is 17.6 Å². The van der Waals surface area contributed by atoms with Crippen molar-refractivity contribution in [3.05, 3.63) is 77.4 Å². The Morgan fingerprint density at radius 2 is 1.59 bits per heavy atom. The van der Waals surface area contributed by atoms with Gasteiger partial charge in [0.2, 0.25) is 0 Å². The van der Waals surface area contributed by atoms with Gasteiger partial charge in [-0.2, -0.15) is 0 Å². The van der Waals surface area contributed by atoms with Crippen molar-refractivity contribution in [1.29, 1.82) is 0 Å². The normalized spacial score (nSPS) is 10.9. The number of methoxy groups -OCH3 is 1. The number of nitrogens with two attached hydrogens (primary N) is 1. The molecule has 0 spiro atoms. The molecule has 0 saturated carbocycles. The summed E-state index contributed by atoms with van der Waals surface area (Å²) in [4.78, 5) is 40.2. The first-order valence-electron chi connectivity index (χ1n) is 15.3. The summed E-state index contributed by atoms with van der Waals surface area (Å²) < 4.78 is 22.6. The molecule has 3 aromatic rings. The van der Waals surface area contributed by atoms with Crippen molar-refractivity contribution >= 4 is 29.3 Å². The van der Waals surface area contributed by atoms with Crippen molar-refractivity contribution in [2.75, 3.05) is 50.7 Å². The number of hydrogen-bond donors (Lipinski definition) is 3. The molecule has 46 heavy (non-hydrogen) atoms. The number of hydrogen-bond acceptors (Lipinski definition) is 8. The second kappa shape index (κ2) is 17.1. The number of rotatable bonds is 15. The molecule has 0 aliphatic rings. The van der Waals surface area contributed by atoms with Crippen LogP contribution in [0.25, 0.3) is 0 Å². The van der Waals surface area contributed by atoms with Crippen LogP contribution in [0.3, 0.4) is 0 Å². The summed E-state index contributed by atoms with van der Waals surface area (Å²) in [5.41, 5.74) is 7.76. The number of unbranched alkanes of at least 4 members (excludes halogenated alkanes) is 1. The number of aryl methyl sites for hydroxylation is 1. The zero-order valence-electron chi connectivity index (χ0n) is 27.6. The lowest BCUT2D eigenvalue weighted by molar-refractivity contribution is 0.0525. The Balaban J connectivity index is 1.66. The van der Waals surface area contributed by atoms with Gasteiger partial charge in [-0.25, -0.2) is 4.79 Å². The molecule has 0 bridgehead atoms. The molecule has 3 amide bonds. The minimum absolute atomic E-state index is 0.272. The van der Waals surface area contributed by atoms with Gasteiger partial charge in [0, 0.05) is 19.2 Å². The second-order valence-corrected chi connectivity index (χ2v) is 11.7. The molecule has 0 aliphatic carbocycles. The number of ether oxygens (including phenoxy) is 4. The van der Waals surface area contributed by atoms with Crippen molar-refractivity contribution in [1.82, 2.24) is 5.32 Å². The number of anilines is 2. The van der Waals surface area contributed by atoms with Gasteiger partial charge < -0.3 is 40.2 Å². The fraction of sp³-hybridized carbons (Fsp3) is 0.400. The standard InChI is InChI=1S/C35H46N4O7/c1-24-14-17-28(31(22-24)45-20-10-9-18-36)39(5)33(41)25-15-16-27(30(23-25)43-6)38-32(40)26-12-7-8-13-29(26)44-21-11-19-37-34(42)46-35(2,3)4/h7-8,12-17,22-23H,9-11,18-21,36H2,1-6H3,(H,37,42)(H,38,40). The minimum Gasteiger partial charge on any atom is -0.495 e. The fourth-order valence-electron chi connectivity index (χ4n) is 4.40. The van der Waals surface area contributed by atoms with Crippen LogP contribution in [-0.4, -0.2) is 64.0 Å². The van der Waals surface area contributed by atoms with E-state index in [1.54, 1.807) is 70.3 Å². The zero-order valence-corrected chi connectivity index (χ0v) is 27.6. The Kier molecular flexibility index (Phi) is 13.2. The highest BCUT2D eigenvalue weighted by atomic mass is 16.6. The lowest BCUT2D eigenvalue weighted by Crippen LogP contribution is -2.33. The molecule has 248 valence electrons. The average molecular weight is 635 g/mol. The van der Waals surface area contributed by atoms with Crippen LogP contribution in [0.1, 0.15) is 66.3 Å². The molecule has 0 fully saturated rings. The van der Waals surface area contributed by atoms with Crippen molar-refractivity contribution < 1.29 is 33.3 Å². The van der Waals surface area contributed by atoms with Gasteiger partial charge in [0.1, 0.15) is 22.8 Å². The van der Waals surface area contributed by atoms with Crippen molar-refractivity contribution in [3.8, 4) is 17.2 Å². The predicted molar refractivity (Wildman–Crippen MR) is 179 cm³/mol. The molecular formula is C35H46N4O7. The molecule has 4 N–H and O–H groups in total. The third-order valence-electron chi connectivity index (χ3n) is 6.71. The molecule has 0 aromatic heterocycles. The molecule has 0 aliphatic heterocycles. The van der Waals surface area contributed by atoms with Crippen LogP contribution in [0.5, 0.6) is 17.2 Å². The van der Waals surface area contributed by atoms with E-state index in [9.17, 15) is 14.4 Å². The molecule has 3 aromatic carbocycles. The molecule has 0 saturated heterocycles. The summed E-state index contributed by atoms with van der Waals surface area (Å²) in [6.07, 6.45) is 1.68. The third-order valence-corrected chi connectivity index (χ3v) is 6.71. The summed E-state index contributed by atoms with van der Waals surface area (Å²) in [7, 11) is 3.16. The first-order valence-corrected chi connectivity index (χ1v) is 15.3.